The van der Waals surface area contributed by atoms with Crippen LogP contribution in [0.5, 0.6) is 5.75 Å². The molecule has 2 aromatic heterocycles. The van der Waals surface area contributed by atoms with E-state index in [1.54, 1.807) is 12.1 Å². The highest BCUT2D eigenvalue weighted by Crippen LogP contribution is 2.33. The van der Waals surface area contributed by atoms with Gasteiger partial charge in [-0.15, -0.1) is 10.2 Å². The molecule has 2 heterocycles. The van der Waals surface area contributed by atoms with Crippen LogP contribution in [-0.4, -0.2) is 10.2 Å². The molecule has 0 amide bonds. The lowest BCUT2D eigenvalue weighted by atomic mass is 10.1. The number of furan rings is 1. The Labute approximate surface area is 171 Å². The zero-order valence-corrected chi connectivity index (χ0v) is 16.2. The fraction of sp³-hybridized carbons (Fsp3) is 0.100. The molecule has 0 radical (unpaired) electrons. The molecule has 0 unspecified atom stereocenters. The van der Waals surface area contributed by atoms with E-state index >= 15 is 0 Å². The van der Waals surface area contributed by atoms with Crippen molar-refractivity contribution in [1.29, 1.82) is 0 Å². The number of rotatable bonds is 5. The first-order valence-corrected chi connectivity index (χ1v) is 9.17. The number of nitrogens with zero attached hydrogens (tertiary/aromatic N) is 2. The van der Waals surface area contributed by atoms with E-state index in [2.05, 4.69) is 26.1 Å². The Kier molecular flexibility index (Phi) is 5.14. The van der Waals surface area contributed by atoms with Crippen LogP contribution in [0.25, 0.3) is 23.1 Å². The molecular weight excluding hydrogens is 453 g/mol. The molecule has 2 aromatic carbocycles. The topological polar surface area (TPSA) is 61.3 Å². The van der Waals surface area contributed by atoms with Crippen molar-refractivity contribution in [1.82, 2.24) is 10.2 Å². The van der Waals surface area contributed by atoms with Crippen LogP contribution >= 0.6 is 15.9 Å². The van der Waals surface area contributed by atoms with Gasteiger partial charge < -0.3 is 13.6 Å². The molecule has 0 fully saturated rings. The van der Waals surface area contributed by atoms with E-state index < -0.39 is 11.7 Å². The maximum atomic E-state index is 12.9. The van der Waals surface area contributed by atoms with E-state index in [0.717, 1.165) is 16.6 Å². The summed E-state index contributed by atoms with van der Waals surface area (Å²) in [6.45, 7) is 0.178. The SMILES string of the molecule is FC(F)(F)c1cccc(-c2nnc(-c3ccc(COc4ccccc4Br)o3)o2)c1. The molecule has 4 rings (SSSR count). The first-order chi connectivity index (χ1) is 13.9. The summed E-state index contributed by atoms with van der Waals surface area (Å²) >= 11 is 3.39. The fourth-order valence-electron chi connectivity index (χ4n) is 2.55. The van der Waals surface area contributed by atoms with Crippen molar-refractivity contribution in [2.24, 2.45) is 0 Å². The van der Waals surface area contributed by atoms with Crippen molar-refractivity contribution in [2.75, 3.05) is 0 Å². The van der Waals surface area contributed by atoms with Crippen molar-refractivity contribution in [3.63, 3.8) is 0 Å². The van der Waals surface area contributed by atoms with Gasteiger partial charge in [-0.1, -0.05) is 18.2 Å². The molecule has 9 heteroatoms. The Morgan fingerprint density at radius 1 is 0.897 bits per heavy atom. The van der Waals surface area contributed by atoms with Gasteiger partial charge in [-0.3, -0.25) is 0 Å². The molecule has 0 aliphatic rings. The molecular formula is C20H12BrF3N2O3. The number of para-hydroxylation sites is 1. The lowest BCUT2D eigenvalue weighted by Crippen LogP contribution is -2.04. The van der Waals surface area contributed by atoms with Gasteiger partial charge >= 0.3 is 6.18 Å². The summed E-state index contributed by atoms with van der Waals surface area (Å²) in [6.07, 6.45) is -4.46. The van der Waals surface area contributed by atoms with Crippen molar-refractivity contribution < 1.29 is 26.7 Å². The Morgan fingerprint density at radius 2 is 1.69 bits per heavy atom. The van der Waals surface area contributed by atoms with Crippen LogP contribution in [0, 0.1) is 0 Å². The smallest absolute Gasteiger partial charge is 0.416 e. The Morgan fingerprint density at radius 3 is 2.48 bits per heavy atom. The Balaban J connectivity index is 1.50. The highest BCUT2D eigenvalue weighted by atomic mass is 79.9. The number of ether oxygens (including phenoxy) is 1. The van der Waals surface area contributed by atoms with E-state index in [1.165, 1.54) is 12.1 Å². The number of hydrogen-bond acceptors (Lipinski definition) is 5. The van der Waals surface area contributed by atoms with E-state index in [1.807, 2.05) is 24.3 Å². The maximum absolute atomic E-state index is 12.9. The van der Waals surface area contributed by atoms with Gasteiger partial charge in [0.15, 0.2) is 5.76 Å². The van der Waals surface area contributed by atoms with Gasteiger partial charge in [0.05, 0.1) is 10.0 Å². The van der Waals surface area contributed by atoms with Gasteiger partial charge in [0.25, 0.3) is 5.89 Å². The van der Waals surface area contributed by atoms with Crippen LogP contribution in [-0.2, 0) is 12.8 Å². The van der Waals surface area contributed by atoms with E-state index in [9.17, 15) is 13.2 Å². The Hall–Kier alpha value is -3.07. The molecule has 0 spiro atoms. The molecule has 5 nitrogen and oxygen atoms in total. The summed E-state index contributed by atoms with van der Waals surface area (Å²) in [4.78, 5) is 0. The predicted octanol–water partition coefficient (Wildman–Crippen LogP) is 6.36. The highest BCUT2D eigenvalue weighted by molar-refractivity contribution is 9.10. The van der Waals surface area contributed by atoms with Crippen molar-refractivity contribution in [3.8, 4) is 28.9 Å². The molecule has 4 aromatic rings. The van der Waals surface area contributed by atoms with E-state index in [0.29, 0.717) is 17.3 Å². The van der Waals surface area contributed by atoms with Crippen LogP contribution in [0.4, 0.5) is 13.2 Å². The standard InChI is InChI=1S/C20H12BrF3N2O3/c21-15-6-1-2-7-16(15)27-11-14-8-9-17(28-14)19-26-25-18(29-19)12-4-3-5-13(10-12)20(22,23)24/h1-10H,11H2. The number of alkyl halides is 3. The largest absolute Gasteiger partial charge is 0.484 e. The number of halogens is 4. The number of aromatic nitrogens is 2. The van der Waals surface area contributed by atoms with Gasteiger partial charge in [-0.2, -0.15) is 13.2 Å². The molecule has 29 heavy (non-hydrogen) atoms. The third kappa shape index (κ3) is 4.34. The lowest BCUT2D eigenvalue weighted by Gasteiger charge is -2.06. The van der Waals surface area contributed by atoms with Crippen molar-refractivity contribution in [2.45, 2.75) is 12.8 Å². The van der Waals surface area contributed by atoms with Gasteiger partial charge in [0.1, 0.15) is 18.1 Å². The minimum Gasteiger partial charge on any atom is -0.484 e. The molecule has 0 atom stereocenters. The molecule has 0 N–H and O–H groups in total. The lowest BCUT2D eigenvalue weighted by molar-refractivity contribution is -0.137. The van der Waals surface area contributed by atoms with Gasteiger partial charge in [-0.25, -0.2) is 0 Å². The first kappa shape index (κ1) is 19.3. The minimum atomic E-state index is -4.46. The monoisotopic (exact) mass is 464 g/mol. The summed E-state index contributed by atoms with van der Waals surface area (Å²) in [5.74, 6) is 1.50. The zero-order valence-electron chi connectivity index (χ0n) is 14.6. The van der Waals surface area contributed by atoms with E-state index in [4.69, 9.17) is 13.6 Å². The van der Waals surface area contributed by atoms with Crippen LogP contribution in [0.2, 0.25) is 0 Å². The predicted molar refractivity (Wildman–Crippen MR) is 101 cm³/mol. The number of benzene rings is 2. The quantitative estimate of drug-likeness (QED) is 0.344. The second-order valence-corrected chi connectivity index (χ2v) is 6.83. The summed E-state index contributed by atoms with van der Waals surface area (Å²) in [5.41, 5.74) is -0.623. The second-order valence-electron chi connectivity index (χ2n) is 5.98. The average molecular weight is 465 g/mol. The summed E-state index contributed by atoms with van der Waals surface area (Å²) in [6, 6.07) is 15.4. The fourth-order valence-corrected chi connectivity index (χ4v) is 2.95. The molecule has 0 bridgehead atoms. The van der Waals surface area contributed by atoms with Gasteiger partial charge in [0, 0.05) is 5.56 Å². The maximum Gasteiger partial charge on any atom is 0.416 e. The number of hydrogen-bond donors (Lipinski definition) is 0. The highest BCUT2D eigenvalue weighted by Gasteiger charge is 2.31. The van der Waals surface area contributed by atoms with E-state index in [-0.39, 0.29) is 24.0 Å². The van der Waals surface area contributed by atoms with Crippen molar-refractivity contribution in [3.05, 3.63) is 76.5 Å². The van der Waals surface area contributed by atoms with Crippen LogP contribution < -0.4 is 4.74 Å². The third-order valence-electron chi connectivity index (χ3n) is 3.94. The van der Waals surface area contributed by atoms with Crippen molar-refractivity contribution >= 4 is 15.9 Å². The van der Waals surface area contributed by atoms with Crippen LogP contribution in [0.15, 0.2) is 74.0 Å². The summed E-state index contributed by atoms with van der Waals surface area (Å²) in [7, 11) is 0. The van der Waals surface area contributed by atoms with Crippen LogP contribution in [0.1, 0.15) is 11.3 Å². The first-order valence-electron chi connectivity index (χ1n) is 8.38. The Bertz CT molecular complexity index is 1140. The molecule has 148 valence electrons. The third-order valence-corrected chi connectivity index (χ3v) is 4.60. The molecule has 0 aliphatic carbocycles. The second kappa shape index (κ2) is 7.75. The van der Waals surface area contributed by atoms with Gasteiger partial charge in [0.2, 0.25) is 5.89 Å². The molecule has 0 aliphatic heterocycles. The van der Waals surface area contributed by atoms with Gasteiger partial charge in [-0.05, 0) is 58.4 Å². The van der Waals surface area contributed by atoms with Crippen LogP contribution in [0.3, 0.4) is 0 Å². The normalized spacial score (nSPS) is 11.6. The summed E-state index contributed by atoms with van der Waals surface area (Å²) < 4.78 is 56.3. The summed E-state index contributed by atoms with van der Waals surface area (Å²) in [5, 5.41) is 7.68. The molecule has 0 saturated carbocycles. The minimum absolute atomic E-state index is 0.0338. The average Bonchev–Trinajstić information content (AvgIpc) is 3.36. The molecule has 0 saturated heterocycles. The zero-order chi connectivity index (χ0) is 20.4.